The third-order valence-electron chi connectivity index (χ3n) is 2.86. The summed E-state index contributed by atoms with van der Waals surface area (Å²) in [5.74, 6) is -1.25. The Morgan fingerprint density at radius 1 is 1.50 bits per heavy atom. The molecule has 0 spiro atoms. The number of carboxylic acid groups (broad SMARTS) is 1. The molecule has 1 heterocycles. The van der Waals surface area contributed by atoms with Crippen LogP contribution in [-0.2, 0) is 16.0 Å². The van der Waals surface area contributed by atoms with Gasteiger partial charge in [-0.25, -0.2) is 4.79 Å². The van der Waals surface area contributed by atoms with E-state index in [1.165, 1.54) is 6.92 Å². The molecule has 0 saturated carbocycles. The minimum Gasteiger partial charge on any atom is -0.480 e. The number of carboxylic acids is 1. The molecular weight excluding hydrogens is 234 g/mol. The average Bonchev–Trinajstić information content (AvgIpc) is 2.79. The zero-order valence-corrected chi connectivity index (χ0v) is 10.7. The highest BCUT2D eigenvalue weighted by Gasteiger charge is 2.33. The van der Waals surface area contributed by atoms with Crippen molar-refractivity contribution < 1.29 is 19.1 Å². The number of hydrogen-bond donors (Lipinski definition) is 2. The van der Waals surface area contributed by atoms with Gasteiger partial charge >= 0.3 is 5.97 Å². The van der Waals surface area contributed by atoms with E-state index in [4.69, 9.17) is 9.52 Å². The molecule has 0 radical (unpaired) electrons. The number of furan rings is 1. The Labute approximate surface area is 106 Å². The monoisotopic (exact) mass is 253 g/mol. The van der Waals surface area contributed by atoms with Crippen LogP contribution < -0.4 is 5.32 Å². The lowest BCUT2D eigenvalue weighted by Gasteiger charge is -2.25. The molecule has 100 valence electrons. The van der Waals surface area contributed by atoms with Crippen molar-refractivity contribution in [2.75, 3.05) is 0 Å². The lowest BCUT2D eigenvalue weighted by Crippen LogP contribution is -2.52. The highest BCUT2D eigenvalue weighted by molar-refractivity contribution is 5.86. The molecule has 0 fully saturated rings. The third-order valence-corrected chi connectivity index (χ3v) is 2.86. The first-order valence-corrected chi connectivity index (χ1v) is 6.03. The second-order valence-corrected chi connectivity index (χ2v) is 4.57. The van der Waals surface area contributed by atoms with Gasteiger partial charge in [0.2, 0.25) is 5.91 Å². The van der Waals surface area contributed by atoms with Crippen LogP contribution in [0, 0.1) is 0 Å². The lowest BCUT2D eigenvalue weighted by atomic mass is 9.96. The van der Waals surface area contributed by atoms with E-state index in [0.717, 1.165) is 5.56 Å². The molecule has 1 amide bonds. The first kappa shape index (κ1) is 14.3. The Morgan fingerprint density at radius 3 is 2.72 bits per heavy atom. The average molecular weight is 253 g/mol. The van der Waals surface area contributed by atoms with Gasteiger partial charge < -0.3 is 14.8 Å². The van der Waals surface area contributed by atoms with Crippen molar-refractivity contribution in [1.29, 1.82) is 0 Å². The predicted molar refractivity (Wildman–Crippen MR) is 66.1 cm³/mol. The molecule has 5 heteroatoms. The second-order valence-electron chi connectivity index (χ2n) is 4.57. The topological polar surface area (TPSA) is 79.5 Å². The Hall–Kier alpha value is -1.78. The fourth-order valence-corrected chi connectivity index (χ4v) is 1.79. The van der Waals surface area contributed by atoms with Gasteiger partial charge in [-0.3, -0.25) is 4.79 Å². The Morgan fingerprint density at radius 2 is 2.22 bits per heavy atom. The molecule has 1 aromatic rings. The second kappa shape index (κ2) is 6.23. The molecule has 5 nitrogen and oxygen atoms in total. The van der Waals surface area contributed by atoms with E-state index in [0.29, 0.717) is 19.3 Å². The van der Waals surface area contributed by atoms with Gasteiger partial charge in [-0.1, -0.05) is 13.3 Å². The number of aryl methyl sites for hydroxylation is 1. The van der Waals surface area contributed by atoms with Crippen LogP contribution in [0.2, 0.25) is 0 Å². The van der Waals surface area contributed by atoms with E-state index in [1.807, 2.05) is 6.92 Å². The summed E-state index contributed by atoms with van der Waals surface area (Å²) in [6.07, 6.45) is 5.04. The van der Waals surface area contributed by atoms with Crippen LogP contribution in [0.5, 0.6) is 0 Å². The van der Waals surface area contributed by atoms with Gasteiger partial charge in [-0.05, 0) is 31.4 Å². The van der Waals surface area contributed by atoms with E-state index in [9.17, 15) is 9.59 Å². The van der Waals surface area contributed by atoms with Gasteiger partial charge in [0.05, 0.1) is 12.5 Å². The first-order valence-electron chi connectivity index (χ1n) is 6.03. The lowest BCUT2D eigenvalue weighted by molar-refractivity contribution is -0.147. The minimum atomic E-state index is -1.18. The van der Waals surface area contributed by atoms with E-state index in [2.05, 4.69) is 5.32 Å². The minimum absolute atomic E-state index is 0.255. The van der Waals surface area contributed by atoms with Gasteiger partial charge in [0, 0.05) is 6.42 Å². The Kier molecular flexibility index (Phi) is 4.95. The number of nitrogens with one attached hydrogen (secondary N) is 1. The first-order chi connectivity index (χ1) is 8.48. The highest BCUT2D eigenvalue weighted by atomic mass is 16.4. The maximum Gasteiger partial charge on any atom is 0.329 e. The molecular formula is C13H19NO4. The Bertz CT molecular complexity index is 399. The summed E-state index contributed by atoms with van der Waals surface area (Å²) in [6.45, 7) is 3.42. The van der Waals surface area contributed by atoms with Crippen molar-refractivity contribution in [2.24, 2.45) is 0 Å². The highest BCUT2D eigenvalue weighted by Crippen LogP contribution is 2.13. The molecule has 1 atom stereocenters. The van der Waals surface area contributed by atoms with E-state index in [1.54, 1.807) is 18.6 Å². The molecule has 0 aliphatic rings. The maximum absolute atomic E-state index is 11.7. The third kappa shape index (κ3) is 3.91. The van der Waals surface area contributed by atoms with Gasteiger partial charge in [0.25, 0.3) is 0 Å². The van der Waals surface area contributed by atoms with Crippen LogP contribution in [0.15, 0.2) is 23.0 Å². The summed E-state index contributed by atoms with van der Waals surface area (Å²) >= 11 is 0. The summed E-state index contributed by atoms with van der Waals surface area (Å²) in [6, 6.07) is 1.79. The SMILES string of the molecule is CCCC(C)(NC(=O)CCc1ccoc1)C(=O)O. The molecule has 0 aliphatic heterocycles. The van der Waals surface area contributed by atoms with E-state index in [-0.39, 0.29) is 12.3 Å². The van der Waals surface area contributed by atoms with Crippen molar-refractivity contribution in [1.82, 2.24) is 5.32 Å². The standard InChI is InChI=1S/C13H19NO4/c1-3-7-13(2,12(16)17)14-11(15)5-4-10-6-8-18-9-10/h6,8-9H,3-5,7H2,1-2H3,(H,14,15)(H,16,17). The van der Waals surface area contributed by atoms with E-state index < -0.39 is 11.5 Å². The summed E-state index contributed by atoms with van der Waals surface area (Å²) in [7, 11) is 0. The van der Waals surface area contributed by atoms with Crippen LogP contribution in [0.1, 0.15) is 38.7 Å². The van der Waals surface area contributed by atoms with E-state index >= 15 is 0 Å². The van der Waals surface area contributed by atoms with Crippen LogP contribution in [0.3, 0.4) is 0 Å². The largest absolute Gasteiger partial charge is 0.480 e. The van der Waals surface area contributed by atoms with Crippen LogP contribution in [0.25, 0.3) is 0 Å². The van der Waals surface area contributed by atoms with Crippen molar-refractivity contribution in [3.05, 3.63) is 24.2 Å². The van der Waals surface area contributed by atoms with Gasteiger partial charge in [0.1, 0.15) is 5.54 Å². The molecule has 2 N–H and O–H groups in total. The number of amides is 1. The predicted octanol–water partition coefficient (Wildman–Crippen LogP) is 1.97. The molecule has 1 rings (SSSR count). The summed E-state index contributed by atoms with van der Waals surface area (Å²) in [4.78, 5) is 22.9. The Balaban J connectivity index is 2.49. The normalized spacial score (nSPS) is 13.9. The van der Waals surface area contributed by atoms with Crippen LogP contribution >= 0.6 is 0 Å². The van der Waals surface area contributed by atoms with Crippen molar-refractivity contribution >= 4 is 11.9 Å². The quantitative estimate of drug-likeness (QED) is 0.778. The number of rotatable bonds is 7. The van der Waals surface area contributed by atoms with Gasteiger partial charge in [-0.15, -0.1) is 0 Å². The maximum atomic E-state index is 11.7. The number of hydrogen-bond acceptors (Lipinski definition) is 3. The van der Waals surface area contributed by atoms with Gasteiger partial charge in [0.15, 0.2) is 0 Å². The van der Waals surface area contributed by atoms with Crippen molar-refractivity contribution in [3.8, 4) is 0 Å². The van der Waals surface area contributed by atoms with Gasteiger partial charge in [-0.2, -0.15) is 0 Å². The summed E-state index contributed by atoms with van der Waals surface area (Å²) in [5.41, 5.74) is -0.250. The molecule has 0 aromatic carbocycles. The zero-order valence-electron chi connectivity index (χ0n) is 10.7. The van der Waals surface area contributed by atoms with Crippen LogP contribution in [0.4, 0.5) is 0 Å². The van der Waals surface area contributed by atoms with Crippen molar-refractivity contribution in [3.63, 3.8) is 0 Å². The molecule has 1 unspecified atom stereocenters. The number of carbonyl (C=O) groups is 2. The van der Waals surface area contributed by atoms with Crippen molar-refractivity contribution in [2.45, 2.75) is 45.1 Å². The number of aliphatic carboxylic acids is 1. The number of carbonyl (C=O) groups excluding carboxylic acids is 1. The molecule has 0 bridgehead atoms. The molecule has 0 saturated heterocycles. The molecule has 18 heavy (non-hydrogen) atoms. The molecule has 1 aromatic heterocycles. The zero-order chi connectivity index (χ0) is 13.6. The fourth-order valence-electron chi connectivity index (χ4n) is 1.79. The summed E-state index contributed by atoms with van der Waals surface area (Å²) in [5, 5.41) is 11.7. The summed E-state index contributed by atoms with van der Waals surface area (Å²) < 4.78 is 4.90. The fraction of sp³-hybridized carbons (Fsp3) is 0.538. The van der Waals surface area contributed by atoms with Crippen LogP contribution in [-0.4, -0.2) is 22.5 Å². The smallest absolute Gasteiger partial charge is 0.329 e. The molecule has 0 aliphatic carbocycles.